The van der Waals surface area contributed by atoms with E-state index in [4.69, 9.17) is 9.15 Å². The monoisotopic (exact) mass is 357 g/mol. The van der Waals surface area contributed by atoms with Gasteiger partial charge in [-0.3, -0.25) is 4.90 Å². The number of nitrogens with one attached hydrogen (secondary N) is 2. The van der Waals surface area contributed by atoms with Crippen molar-refractivity contribution in [2.45, 2.75) is 38.1 Å². The first-order valence-electron chi connectivity index (χ1n) is 9.51. The van der Waals surface area contributed by atoms with Gasteiger partial charge in [-0.2, -0.15) is 0 Å². The van der Waals surface area contributed by atoms with E-state index in [1.165, 1.54) is 12.8 Å². The minimum absolute atomic E-state index is 0.125. The summed E-state index contributed by atoms with van der Waals surface area (Å²) in [7, 11) is 0. The molecule has 1 saturated heterocycles. The maximum atomic E-state index is 12.7. The molecule has 1 saturated carbocycles. The lowest BCUT2D eigenvalue weighted by atomic mass is 9.96. The number of fused-ring (bicyclic) bond motifs is 1. The molecule has 1 aromatic carbocycles. The van der Waals surface area contributed by atoms with Crippen molar-refractivity contribution in [2.75, 3.05) is 38.2 Å². The van der Waals surface area contributed by atoms with Crippen LogP contribution in [0.2, 0.25) is 0 Å². The van der Waals surface area contributed by atoms with Gasteiger partial charge in [0.25, 0.3) is 0 Å². The SMILES string of the molecule is Cc1cc2cc(NC(=O)NC3(CN4CCOCC4)CCCC3)ccc2o1. The van der Waals surface area contributed by atoms with Crippen LogP contribution in [0.4, 0.5) is 10.5 Å². The number of nitrogens with zero attached hydrogens (tertiary/aromatic N) is 1. The first-order chi connectivity index (χ1) is 12.6. The van der Waals surface area contributed by atoms with Crippen molar-refractivity contribution in [1.29, 1.82) is 0 Å². The Hall–Kier alpha value is -2.05. The number of morpholine rings is 1. The van der Waals surface area contributed by atoms with E-state index in [2.05, 4.69) is 15.5 Å². The first-order valence-corrected chi connectivity index (χ1v) is 9.51. The largest absolute Gasteiger partial charge is 0.461 e. The van der Waals surface area contributed by atoms with Crippen LogP contribution in [-0.2, 0) is 4.74 Å². The Morgan fingerprint density at radius 3 is 2.73 bits per heavy atom. The zero-order chi connectivity index (χ0) is 18.0. The molecule has 2 heterocycles. The fraction of sp³-hybridized carbons (Fsp3) is 0.550. The summed E-state index contributed by atoms with van der Waals surface area (Å²) < 4.78 is 11.0. The van der Waals surface area contributed by atoms with Crippen LogP contribution in [0.3, 0.4) is 0 Å². The van der Waals surface area contributed by atoms with Gasteiger partial charge in [-0.15, -0.1) is 0 Å². The minimum Gasteiger partial charge on any atom is -0.461 e. The zero-order valence-electron chi connectivity index (χ0n) is 15.3. The third-order valence-electron chi connectivity index (χ3n) is 5.47. The zero-order valence-corrected chi connectivity index (χ0v) is 15.3. The summed E-state index contributed by atoms with van der Waals surface area (Å²) in [6, 6.07) is 7.59. The fourth-order valence-corrected chi connectivity index (χ4v) is 4.22. The number of rotatable bonds is 4. The van der Waals surface area contributed by atoms with Crippen molar-refractivity contribution in [2.24, 2.45) is 0 Å². The van der Waals surface area contributed by atoms with Crippen molar-refractivity contribution < 1.29 is 13.9 Å². The molecule has 2 aliphatic rings. The van der Waals surface area contributed by atoms with Gasteiger partial charge >= 0.3 is 6.03 Å². The minimum atomic E-state index is -0.127. The van der Waals surface area contributed by atoms with Gasteiger partial charge in [-0.05, 0) is 44.0 Å². The van der Waals surface area contributed by atoms with E-state index in [1.807, 2.05) is 31.2 Å². The van der Waals surface area contributed by atoms with Crippen LogP contribution in [-0.4, -0.2) is 49.3 Å². The molecule has 2 N–H and O–H groups in total. The fourth-order valence-electron chi connectivity index (χ4n) is 4.22. The summed E-state index contributed by atoms with van der Waals surface area (Å²) >= 11 is 0. The number of furan rings is 1. The molecular formula is C20H27N3O3. The third-order valence-corrected chi connectivity index (χ3v) is 5.47. The molecule has 2 fully saturated rings. The van der Waals surface area contributed by atoms with Crippen molar-refractivity contribution in [3.8, 4) is 0 Å². The summed E-state index contributed by atoms with van der Waals surface area (Å²) in [6.45, 7) is 6.29. The molecule has 140 valence electrons. The molecule has 2 amide bonds. The van der Waals surface area contributed by atoms with Gasteiger partial charge in [0.1, 0.15) is 11.3 Å². The number of urea groups is 1. The third kappa shape index (κ3) is 3.86. The lowest BCUT2D eigenvalue weighted by molar-refractivity contribution is 0.0254. The van der Waals surface area contributed by atoms with Crippen LogP contribution in [0.15, 0.2) is 28.7 Å². The van der Waals surface area contributed by atoms with E-state index < -0.39 is 0 Å². The highest BCUT2D eigenvalue weighted by atomic mass is 16.5. The number of hydrogen-bond acceptors (Lipinski definition) is 4. The van der Waals surface area contributed by atoms with E-state index in [0.717, 1.165) is 68.1 Å². The molecule has 1 aliphatic carbocycles. The van der Waals surface area contributed by atoms with Gasteiger partial charge in [0.05, 0.1) is 18.8 Å². The standard InChI is InChI=1S/C20H27N3O3/c1-15-12-16-13-17(4-5-18(16)26-15)21-19(24)22-20(6-2-3-7-20)14-23-8-10-25-11-9-23/h4-5,12-13H,2-3,6-11,14H2,1H3,(H2,21,22,24). The Kier molecular flexibility index (Phi) is 4.87. The second kappa shape index (κ2) is 7.29. The second-order valence-corrected chi connectivity index (χ2v) is 7.56. The highest BCUT2D eigenvalue weighted by Crippen LogP contribution is 2.31. The lowest BCUT2D eigenvalue weighted by Gasteiger charge is -2.37. The van der Waals surface area contributed by atoms with Crippen LogP contribution in [0.1, 0.15) is 31.4 Å². The van der Waals surface area contributed by atoms with Crippen molar-refractivity contribution in [1.82, 2.24) is 10.2 Å². The van der Waals surface area contributed by atoms with Crippen molar-refractivity contribution in [3.05, 3.63) is 30.0 Å². The molecule has 2 aromatic rings. The number of benzene rings is 1. The Bertz CT molecular complexity index is 774. The van der Waals surface area contributed by atoms with Gasteiger partial charge < -0.3 is 19.8 Å². The smallest absolute Gasteiger partial charge is 0.319 e. The van der Waals surface area contributed by atoms with Crippen LogP contribution in [0.5, 0.6) is 0 Å². The highest BCUT2D eigenvalue weighted by Gasteiger charge is 2.37. The summed E-state index contributed by atoms with van der Waals surface area (Å²) in [5.41, 5.74) is 1.50. The predicted octanol–water partition coefficient (Wildman–Crippen LogP) is 3.51. The van der Waals surface area contributed by atoms with Crippen LogP contribution in [0, 0.1) is 6.92 Å². The average molecular weight is 357 g/mol. The summed E-state index contributed by atoms with van der Waals surface area (Å²) in [4.78, 5) is 15.1. The summed E-state index contributed by atoms with van der Waals surface area (Å²) in [5, 5.41) is 7.29. The molecular weight excluding hydrogens is 330 g/mol. The number of anilines is 1. The number of hydrogen-bond donors (Lipinski definition) is 2. The molecule has 0 spiro atoms. The van der Waals surface area contributed by atoms with Crippen LogP contribution >= 0.6 is 0 Å². The first kappa shape index (κ1) is 17.4. The lowest BCUT2D eigenvalue weighted by Crippen LogP contribution is -2.56. The van der Waals surface area contributed by atoms with Crippen molar-refractivity contribution in [3.63, 3.8) is 0 Å². The van der Waals surface area contributed by atoms with E-state index in [1.54, 1.807) is 0 Å². The quantitative estimate of drug-likeness (QED) is 0.879. The van der Waals surface area contributed by atoms with Gasteiger partial charge in [-0.25, -0.2) is 4.79 Å². The molecule has 0 bridgehead atoms. The molecule has 6 nitrogen and oxygen atoms in total. The maximum absolute atomic E-state index is 12.7. The molecule has 0 radical (unpaired) electrons. The Morgan fingerprint density at radius 2 is 1.96 bits per heavy atom. The van der Waals surface area contributed by atoms with Gasteiger partial charge in [0.2, 0.25) is 0 Å². The molecule has 6 heteroatoms. The summed E-state index contributed by atoms with van der Waals surface area (Å²) in [6.07, 6.45) is 4.42. The predicted molar refractivity (Wildman–Crippen MR) is 102 cm³/mol. The Morgan fingerprint density at radius 1 is 1.19 bits per heavy atom. The van der Waals surface area contributed by atoms with Crippen LogP contribution < -0.4 is 10.6 Å². The van der Waals surface area contributed by atoms with Gasteiger partial charge in [0.15, 0.2) is 0 Å². The molecule has 0 atom stereocenters. The van der Waals surface area contributed by atoms with Crippen LogP contribution in [0.25, 0.3) is 11.0 Å². The average Bonchev–Trinajstić information content (AvgIpc) is 3.21. The van der Waals surface area contributed by atoms with E-state index in [9.17, 15) is 4.79 Å². The Labute approximate surface area is 153 Å². The number of amides is 2. The van der Waals surface area contributed by atoms with Gasteiger partial charge in [0, 0.05) is 30.7 Å². The molecule has 0 unspecified atom stereocenters. The molecule has 1 aliphatic heterocycles. The number of ether oxygens (including phenoxy) is 1. The molecule has 1 aromatic heterocycles. The van der Waals surface area contributed by atoms with Gasteiger partial charge in [-0.1, -0.05) is 12.8 Å². The number of carbonyl (C=O) groups is 1. The maximum Gasteiger partial charge on any atom is 0.319 e. The molecule has 26 heavy (non-hydrogen) atoms. The normalized spacial score (nSPS) is 20.3. The summed E-state index contributed by atoms with van der Waals surface area (Å²) in [5.74, 6) is 0.872. The number of carbonyl (C=O) groups excluding carboxylic acids is 1. The molecule has 4 rings (SSSR count). The number of aryl methyl sites for hydroxylation is 1. The topological polar surface area (TPSA) is 66.7 Å². The highest BCUT2D eigenvalue weighted by molar-refractivity contribution is 5.92. The van der Waals surface area contributed by atoms with E-state index in [-0.39, 0.29) is 11.6 Å². The second-order valence-electron chi connectivity index (χ2n) is 7.56. The Balaban J connectivity index is 1.42. The van der Waals surface area contributed by atoms with Crippen molar-refractivity contribution >= 4 is 22.7 Å². The van der Waals surface area contributed by atoms with E-state index in [0.29, 0.717) is 0 Å². The van der Waals surface area contributed by atoms with E-state index >= 15 is 0 Å².